The second-order valence-corrected chi connectivity index (χ2v) is 6.90. The number of Topliss-reactive ketones (excluding diaryl/α,β-unsaturated/α-hetero) is 1. The number of ketones is 1. The molecule has 2 rings (SSSR count). The monoisotopic (exact) mass is 392 g/mol. The van der Waals surface area contributed by atoms with Crippen LogP contribution in [0.4, 0.5) is 13.2 Å². The molecule has 4 nitrogen and oxygen atoms in total. The fraction of sp³-hybridized carbons (Fsp3) is 0.188. The standard InChI is InChI=1S/C16H12ClF3O4S/c1-2-13(21)11-9-10(17)7-8-14(11)24-25(22,23)15-6-4-3-5-12(15)16(18,19)20/h3-9H,2H2,1H3. The van der Waals surface area contributed by atoms with Crippen LogP contribution in [0, 0.1) is 0 Å². The first-order chi connectivity index (χ1) is 11.6. The average Bonchev–Trinajstić information content (AvgIpc) is 2.55. The zero-order valence-corrected chi connectivity index (χ0v) is 14.4. The van der Waals surface area contributed by atoms with Gasteiger partial charge in [-0.25, -0.2) is 0 Å². The SMILES string of the molecule is CCC(=O)c1cc(Cl)ccc1OS(=O)(=O)c1ccccc1C(F)(F)F. The van der Waals surface area contributed by atoms with E-state index >= 15 is 0 Å². The summed E-state index contributed by atoms with van der Waals surface area (Å²) in [5.41, 5.74) is -1.48. The molecular weight excluding hydrogens is 381 g/mol. The first-order valence-corrected chi connectivity index (χ1v) is 8.78. The van der Waals surface area contributed by atoms with Gasteiger partial charge in [-0.1, -0.05) is 30.7 Å². The summed E-state index contributed by atoms with van der Waals surface area (Å²) in [6.45, 7) is 1.54. The Labute approximate surface area is 147 Å². The normalized spacial score (nSPS) is 12.0. The molecule has 0 saturated heterocycles. The van der Waals surface area contributed by atoms with Crippen molar-refractivity contribution in [2.75, 3.05) is 0 Å². The predicted octanol–water partition coefficient (Wildman–Crippen LogP) is 4.72. The largest absolute Gasteiger partial charge is 0.417 e. The summed E-state index contributed by atoms with van der Waals surface area (Å²) < 4.78 is 68.6. The highest BCUT2D eigenvalue weighted by Gasteiger charge is 2.38. The minimum atomic E-state index is -4.88. The maximum atomic E-state index is 13.0. The molecule has 2 aromatic carbocycles. The molecule has 0 radical (unpaired) electrons. The van der Waals surface area contributed by atoms with Crippen molar-refractivity contribution in [2.45, 2.75) is 24.4 Å². The number of hydrogen-bond acceptors (Lipinski definition) is 4. The van der Waals surface area contributed by atoms with E-state index in [4.69, 9.17) is 15.8 Å². The summed E-state index contributed by atoms with van der Waals surface area (Å²) in [5.74, 6) is -0.843. The molecule has 0 aliphatic rings. The lowest BCUT2D eigenvalue weighted by Gasteiger charge is -2.15. The molecule has 2 aromatic rings. The number of benzene rings is 2. The Hall–Kier alpha value is -2.06. The Kier molecular flexibility index (Phi) is 5.43. The number of carbonyl (C=O) groups is 1. The van der Waals surface area contributed by atoms with E-state index in [2.05, 4.69) is 0 Å². The van der Waals surface area contributed by atoms with Gasteiger partial charge in [0.2, 0.25) is 0 Å². The number of rotatable bonds is 5. The van der Waals surface area contributed by atoms with Crippen molar-refractivity contribution >= 4 is 27.5 Å². The van der Waals surface area contributed by atoms with Crippen LogP contribution in [0.25, 0.3) is 0 Å². The lowest BCUT2D eigenvalue weighted by atomic mass is 10.1. The van der Waals surface area contributed by atoms with Crippen LogP contribution in [-0.2, 0) is 16.3 Å². The quantitative estimate of drug-likeness (QED) is 0.545. The summed E-state index contributed by atoms with van der Waals surface area (Å²) in [5, 5.41) is 0.164. The van der Waals surface area contributed by atoms with Crippen LogP contribution in [-0.4, -0.2) is 14.2 Å². The summed E-state index contributed by atoms with van der Waals surface area (Å²) in [7, 11) is -4.82. The molecule has 0 heterocycles. The van der Waals surface area contributed by atoms with Crippen LogP contribution in [0.1, 0.15) is 29.3 Å². The van der Waals surface area contributed by atoms with E-state index in [0.29, 0.717) is 6.07 Å². The first kappa shape index (κ1) is 19.3. The van der Waals surface area contributed by atoms with Crippen molar-refractivity contribution in [3.05, 3.63) is 58.6 Å². The molecule has 0 amide bonds. The van der Waals surface area contributed by atoms with E-state index < -0.39 is 32.5 Å². The summed E-state index contributed by atoms with van der Waals surface area (Å²) >= 11 is 5.79. The number of carbonyl (C=O) groups excluding carboxylic acids is 1. The van der Waals surface area contributed by atoms with Crippen LogP contribution in [0.2, 0.25) is 5.02 Å². The van der Waals surface area contributed by atoms with Crippen molar-refractivity contribution in [3.8, 4) is 5.75 Å². The Bertz CT molecular complexity index is 908. The van der Waals surface area contributed by atoms with Gasteiger partial charge in [0.05, 0.1) is 11.1 Å². The lowest BCUT2D eigenvalue weighted by Crippen LogP contribution is -2.18. The molecule has 0 aliphatic heterocycles. The number of hydrogen-bond donors (Lipinski definition) is 0. The summed E-state index contributed by atoms with van der Waals surface area (Å²) in [4.78, 5) is 10.9. The van der Waals surface area contributed by atoms with Crippen LogP contribution in [0.5, 0.6) is 5.75 Å². The van der Waals surface area contributed by atoms with Crippen molar-refractivity contribution in [2.24, 2.45) is 0 Å². The molecule has 0 atom stereocenters. The van der Waals surface area contributed by atoms with Gasteiger partial charge in [0.1, 0.15) is 4.90 Å². The van der Waals surface area contributed by atoms with Gasteiger partial charge in [-0.3, -0.25) is 4.79 Å². The zero-order chi connectivity index (χ0) is 18.8. The van der Waals surface area contributed by atoms with Crippen molar-refractivity contribution in [1.29, 1.82) is 0 Å². The number of alkyl halides is 3. The van der Waals surface area contributed by atoms with E-state index in [1.165, 1.54) is 12.1 Å². The summed E-state index contributed by atoms with van der Waals surface area (Å²) in [6.07, 6.45) is -4.84. The van der Waals surface area contributed by atoms with E-state index in [-0.39, 0.29) is 22.8 Å². The molecule has 0 aromatic heterocycles. The molecule has 0 bridgehead atoms. The van der Waals surface area contributed by atoms with E-state index in [1.54, 1.807) is 6.92 Å². The molecule has 9 heteroatoms. The highest BCUT2D eigenvalue weighted by atomic mass is 35.5. The molecule has 0 N–H and O–H groups in total. The Balaban J connectivity index is 2.54. The van der Waals surface area contributed by atoms with Gasteiger partial charge < -0.3 is 4.18 Å². The second-order valence-electron chi connectivity index (χ2n) is 4.95. The topological polar surface area (TPSA) is 60.4 Å². The zero-order valence-electron chi connectivity index (χ0n) is 12.8. The van der Waals surface area contributed by atoms with E-state index in [0.717, 1.165) is 24.3 Å². The van der Waals surface area contributed by atoms with Gasteiger partial charge in [-0.05, 0) is 30.3 Å². The maximum absolute atomic E-state index is 13.0. The van der Waals surface area contributed by atoms with Crippen molar-refractivity contribution < 1.29 is 30.6 Å². The molecule has 0 saturated carbocycles. The van der Waals surface area contributed by atoms with Gasteiger partial charge in [0.15, 0.2) is 11.5 Å². The first-order valence-electron chi connectivity index (χ1n) is 6.99. The smallest absolute Gasteiger partial charge is 0.378 e. The highest BCUT2D eigenvalue weighted by Crippen LogP contribution is 2.35. The Morgan fingerprint density at radius 3 is 2.40 bits per heavy atom. The number of halogens is 4. The third kappa shape index (κ3) is 4.32. The molecule has 0 aliphatic carbocycles. The third-order valence-corrected chi connectivity index (χ3v) is 4.75. The van der Waals surface area contributed by atoms with Crippen LogP contribution in [0.3, 0.4) is 0 Å². The Morgan fingerprint density at radius 1 is 1.16 bits per heavy atom. The van der Waals surface area contributed by atoms with Gasteiger partial charge in [0, 0.05) is 11.4 Å². The molecule has 0 unspecified atom stereocenters. The highest BCUT2D eigenvalue weighted by molar-refractivity contribution is 7.87. The fourth-order valence-electron chi connectivity index (χ4n) is 2.07. The average molecular weight is 393 g/mol. The van der Waals surface area contributed by atoms with Crippen molar-refractivity contribution in [3.63, 3.8) is 0 Å². The minimum Gasteiger partial charge on any atom is -0.378 e. The van der Waals surface area contributed by atoms with Gasteiger partial charge in [-0.2, -0.15) is 21.6 Å². The fourth-order valence-corrected chi connectivity index (χ4v) is 3.41. The summed E-state index contributed by atoms with van der Waals surface area (Å²) in [6, 6.07) is 7.23. The second kappa shape index (κ2) is 7.05. The Morgan fingerprint density at radius 2 is 1.80 bits per heavy atom. The molecule has 0 spiro atoms. The molecule has 25 heavy (non-hydrogen) atoms. The van der Waals surface area contributed by atoms with Gasteiger partial charge in [-0.15, -0.1) is 0 Å². The van der Waals surface area contributed by atoms with E-state index in [9.17, 15) is 26.4 Å². The maximum Gasteiger partial charge on any atom is 0.417 e. The third-order valence-electron chi connectivity index (χ3n) is 3.22. The molecule has 0 fully saturated rings. The van der Waals surface area contributed by atoms with Gasteiger partial charge in [0.25, 0.3) is 0 Å². The van der Waals surface area contributed by atoms with Crippen LogP contribution < -0.4 is 4.18 Å². The molecular formula is C16H12ClF3O4S. The van der Waals surface area contributed by atoms with Gasteiger partial charge >= 0.3 is 16.3 Å². The van der Waals surface area contributed by atoms with E-state index in [1.807, 2.05) is 0 Å². The minimum absolute atomic E-state index is 0.0376. The molecule has 134 valence electrons. The predicted molar refractivity (Wildman–Crippen MR) is 85.3 cm³/mol. The van der Waals surface area contributed by atoms with Crippen molar-refractivity contribution in [1.82, 2.24) is 0 Å². The lowest BCUT2D eigenvalue weighted by molar-refractivity contribution is -0.139. The van der Waals surface area contributed by atoms with Crippen LogP contribution in [0.15, 0.2) is 47.4 Å². The van der Waals surface area contributed by atoms with Crippen LogP contribution >= 0.6 is 11.6 Å².